The molecule has 8 nitrogen and oxygen atoms in total. The predicted octanol–water partition coefficient (Wildman–Crippen LogP) is 4.06. The van der Waals surface area contributed by atoms with E-state index in [0.717, 1.165) is 23.3 Å². The zero-order chi connectivity index (χ0) is 24.4. The number of fused-ring (bicyclic) bond motifs is 1. The zero-order valence-electron chi connectivity index (χ0n) is 18.7. The van der Waals surface area contributed by atoms with Gasteiger partial charge < -0.3 is 19.6 Å². The molecule has 2 N–H and O–H groups in total. The maximum atomic E-state index is 14.0. The van der Waals surface area contributed by atoms with Crippen LogP contribution in [0, 0.1) is 11.6 Å². The molecule has 182 valence electrons. The molecule has 2 aromatic carbocycles. The quantitative estimate of drug-likeness (QED) is 0.678. The third kappa shape index (κ3) is 5.33. The minimum Gasteiger partial charge on any atom is -0.488 e. The summed E-state index contributed by atoms with van der Waals surface area (Å²) in [5.74, 6) is -1.17. The number of nitrogens with one attached hydrogen (secondary N) is 2. The first kappa shape index (κ1) is 23.0. The van der Waals surface area contributed by atoms with Crippen molar-refractivity contribution in [2.24, 2.45) is 0 Å². The number of anilines is 2. The van der Waals surface area contributed by atoms with Crippen molar-refractivity contribution in [3.8, 4) is 0 Å². The number of hydrogen-bond donors (Lipinski definition) is 2. The number of rotatable bonds is 4. The third-order valence-corrected chi connectivity index (χ3v) is 5.90. The van der Waals surface area contributed by atoms with Crippen LogP contribution in [0.5, 0.6) is 0 Å². The number of carbonyl (C=O) groups excluding carboxylic acids is 2. The summed E-state index contributed by atoms with van der Waals surface area (Å²) in [6.07, 6.45) is 1.49. The molecule has 1 saturated heterocycles. The van der Waals surface area contributed by atoms with Crippen molar-refractivity contribution in [3.05, 3.63) is 82.3 Å². The largest absolute Gasteiger partial charge is 0.488 e. The Morgan fingerprint density at radius 2 is 1.86 bits per heavy atom. The molecule has 0 radical (unpaired) electrons. The highest BCUT2D eigenvalue weighted by Crippen LogP contribution is 2.32. The van der Waals surface area contributed by atoms with Gasteiger partial charge in [0.25, 0.3) is 0 Å². The summed E-state index contributed by atoms with van der Waals surface area (Å²) in [7, 11) is 0. The molecule has 0 aromatic heterocycles. The van der Waals surface area contributed by atoms with Crippen LogP contribution in [0.4, 0.5) is 25.0 Å². The third-order valence-electron chi connectivity index (χ3n) is 5.90. The first-order valence-corrected chi connectivity index (χ1v) is 11.2. The fraction of sp³-hybridized carbons (Fsp3) is 0.280. The molecule has 10 heteroatoms. The van der Waals surface area contributed by atoms with Gasteiger partial charge in [-0.25, -0.2) is 13.6 Å². The molecule has 0 atom stereocenters. The van der Waals surface area contributed by atoms with Gasteiger partial charge in [0.1, 0.15) is 24.0 Å². The number of morpholine rings is 1. The van der Waals surface area contributed by atoms with Gasteiger partial charge >= 0.3 is 6.09 Å². The number of ketones is 1. The Balaban J connectivity index is 1.28. The molecule has 0 bridgehead atoms. The summed E-state index contributed by atoms with van der Waals surface area (Å²) in [6.45, 7) is 2.21. The summed E-state index contributed by atoms with van der Waals surface area (Å²) in [4.78, 5) is 30.4. The maximum absolute atomic E-state index is 14.0. The minimum atomic E-state index is -0.750. The Morgan fingerprint density at radius 3 is 2.66 bits per heavy atom. The monoisotopic (exact) mass is 483 g/mol. The van der Waals surface area contributed by atoms with E-state index in [4.69, 9.17) is 14.3 Å². The van der Waals surface area contributed by atoms with Crippen LogP contribution >= 0.6 is 0 Å². The second-order valence-electron chi connectivity index (χ2n) is 8.36. The normalized spacial score (nSPS) is 18.0. The van der Waals surface area contributed by atoms with Crippen LogP contribution in [0.3, 0.4) is 0 Å². The predicted molar refractivity (Wildman–Crippen MR) is 122 cm³/mol. The lowest BCUT2D eigenvalue weighted by molar-refractivity contribution is -0.142. The maximum Gasteiger partial charge on any atom is 0.430 e. The summed E-state index contributed by atoms with van der Waals surface area (Å²) < 4.78 is 38.4. The van der Waals surface area contributed by atoms with Crippen molar-refractivity contribution in [2.45, 2.75) is 19.4 Å². The molecule has 1 amide bonds. The Labute approximate surface area is 200 Å². The van der Waals surface area contributed by atoms with Crippen LogP contribution < -0.4 is 10.6 Å². The topological polar surface area (TPSA) is 89.1 Å². The van der Waals surface area contributed by atoms with E-state index in [2.05, 4.69) is 10.6 Å². The summed E-state index contributed by atoms with van der Waals surface area (Å²) in [6, 6.07) is 8.58. The van der Waals surface area contributed by atoms with Crippen LogP contribution in [-0.2, 0) is 32.1 Å². The Hall–Kier alpha value is -3.76. The van der Waals surface area contributed by atoms with Crippen LogP contribution in [0.2, 0.25) is 0 Å². The molecule has 35 heavy (non-hydrogen) atoms. The first-order chi connectivity index (χ1) is 16.9. The molecule has 5 rings (SSSR count). The number of allylic oxidation sites excluding steroid dienone is 3. The number of nitrogens with zero attached hydrogens (tertiary/aromatic N) is 1. The average molecular weight is 483 g/mol. The lowest BCUT2D eigenvalue weighted by Gasteiger charge is -2.25. The van der Waals surface area contributed by atoms with Crippen molar-refractivity contribution in [1.82, 2.24) is 5.06 Å². The van der Waals surface area contributed by atoms with E-state index in [1.54, 1.807) is 23.3 Å². The standard InChI is InChI=1S/C25H23F2N3O5/c26-17-2-4-22(21(27)11-17)28-19-12-23(31)20-10-15-1-3-18(9-16(15)14-34-24(20)13-19)29-25(32)35-30-5-7-33-8-6-30/h1-4,9,11,13,28H,5-8,10,12,14H2,(H,29,32). The van der Waals surface area contributed by atoms with E-state index < -0.39 is 17.7 Å². The van der Waals surface area contributed by atoms with E-state index in [9.17, 15) is 18.4 Å². The van der Waals surface area contributed by atoms with E-state index in [1.807, 2.05) is 6.07 Å². The summed E-state index contributed by atoms with van der Waals surface area (Å²) in [5.41, 5.74) is 3.33. The molecule has 2 aromatic rings. The molecule has 0 spiro atoms. The Bertz CT molecular complexity index is 1240. The highest BCUT2D eigenvalue weighted by molar-refractivity contribution is 6.00. The molecule has 0 saturated carbocycles. The van der Waals surface area contributed by atoms with E-state index in [0.29, 0.717) is 55.4 Å². The van der Waals surface area contributed by atoms with Gasteiger partial charge in [0.2, 0.25) is 0 Å². The average Bonchev–Trinajstić information content (AvgIpc) is 3.01. The van der Waals surface area contributed by atoms with Gasteiger partial charge in [-0.2, -0.15) is 0 Å². The van der Waals surface area contributed by atoms with E-state index in [-0.39, 0.29) is 24.5 Å². The Morgan fingerprint density at radius 1 is 1.03 bits per heavy atom. The van der Waals surface area contributed by atoms with Gasteiger partial charge in [-0.3, -0.25) is 10.1 Å². The number of hydrogen-bond acceptors (Lipinski definition) is 7. The van der Waals surface area contributed by atoms with E-state index >= 15 is 0 Å². The van der Waals surface area contributed by atoms with Crippen LogP contribution in [0.25, 0.3) is 0 Å². The van der Waals surface area contributed by atoms with E-state index in [1.165, 1.54) is 6.07 Å². The van der Waals surface area contributed by atoms with Gasteiger partial charge in [0.05, 0.1) is 38.4 Å². The van der Waals surface area contributed by atoms with Crippen molar-refractivity contribution in [2.75, 3.05) is 36.9 Å². The smallest absolute Gasteiger partial charge is 0.430 e. The van der Waals surface area contributed by atoms with Gasteiger partial charge in [0.15, 0.2) is 5.78 Å². The number of halogens is 2. The SMILES string of the molecule is O=C(Nc1ccc2c(c1)COC1=C(C2)C(=O)CC(Nc2ccc(F)cc2F)=C1)ON1CCOCC1. The highest BCUT2D eigenvalue weighted by Gasteiger charge is 2.27. The summed E-state index contributed by atoms with van der Waals surface area (Å²) >= 11 is 0. The molecular weight excluding hydrogens is 460 g/mol. The Kier molecular flexibility index (Phi) is 6.47. The lowest BCUT2D eigenvalue weighted by Crippen LogP contribution is -2.39. The second-order valence-corrected chi connectivity index (χ2v) is 8.36. The molecule has 2 aliphatic heterocycles. The fourth-order valence-electron chi connectivity index (χ4n) is 4.12. The van der Waals surface area contributed by atoms with Crippen LogP contribution in [-0.4, -0.2) is 43.2 Å². The molecule has 2 heterocycles. The van der Waals surface area contributed by atoms with Gasteiger partial charge in [-0.15, -0.1) is 5.06 Å². The molecule has 0 unspecified atom stereocenters. The van der Waals surface area contributed by atoms with Crippen molar-refractivity contribution in [1.29, 1.82) is 0 Å². The number of ether oxygens (including phenoxy) is 2. The van der Waals surface area contributed by atoms with Crippen LogP contribution in [0.1, 0.15) is 17.5 Å². The first-order valence-electron chi connectivity index (χ1n) is 11.2. The number of amides is 1. The zero-order valence-corrected chi connectivity index (χ0v) is 18.7. The fourth-order valence-corrected chi connectivity index (χ4v) is 4.12. The highest BCUT2D eigenvalue weighted by atomic mass is 19.1. The summed E-state index contributed by atoms with van der Waals surface area (Å²) in [5, 5.41) is 7.11. The number of hydroxylamine groups is 2. The van der Waals surface area contributed by atoms with Crippen molar-refractivity contribution < 1.29 is 32.7 Å². The second kappa shape index (κ2) is 9.85. The van der Waals surface area contributed by atoms with Crippen molar-refractivity contribution >= 4 is 23.3 Å². The molecule has 1 aliphatic carbocycles. The lowest BCUT2D eigenvalue weighted by atomic mass is 9.92. The molecule has 1 fully saturated rings. The van der Waals surface area contributed by atoms with Crippen molar-refractivity contribution in [3.63, 3.8) is 0 Å². The minimum absolute atomic E-state index is 0.0430. The number of carbonyl (C=O) groups is 2. The number of benzene rings is 2. The van der Waals surface area contributed by atoms with Crippen LogP contribution in [0.15, 0.2) is 59.5 Å². The number of Topliss-reactive ketones (excluding diaryl/α,β-unsaturated/α-hetero) is 1. The van der Waals surface area contributed by atoms with Gasteiger partial charge in [-0.05, 0) is 35.4 Å². The van der Waals surface area contributed by atoms with Gasteiger partial charge in [0, 0.05) is 35.5 Å². The molecular formula is C25H23F2N3O5. The van der Waals surface area contributed by atoms with Gasteiger partial charge in [-0.1, -0.05) is 6.07 Å². The molecule has 3 aliphatic rings.